The molecule has 2 atom stereocenters. The number of allylic oxidation sites excluding steroid dienone is 20. The van der Waals surface area contributed by atoms with Gasteiger partial charge in [0.1, 0.15) is 19.8 Å². The monoisotopic (exact) mass is 911 g/mol. The average Bonchev–Trinajstić information content (AvgIpc) is 3.25. The Hall–Kier alpha value is -3.59. The summed E-state index contributed by atoms with van der Waals surface area (Å²) in [7, 11) is 1.41. The van der Waals surface area contributed by atoms with E-state index in [0.29, 0.717) is 23.9 Å². The number of phosphoric ester groups is 1. The Labute approximate surface area is 390 Å². The molecule has 0 saturated heterocycles. The number of carbonyl (C=O) groups excluding carboxylic acids is 2. The van der Waals surface area contributed by atoms with Gasteiger partial charge in [0.05, 0.1) is 27.7 Å². The first-order chi connectivity index (χ1) is 31.0. The summed E-state index contributed by atoms with van der Waals surface area (Å²) in [5, 5.41) is 0. The van der Waals surface area contributed by atoms with Gasteiger partial charge in [-0.2, -0.15) is 0 Å². The molecule has 362 valence electrons. The zero-order valence-corrected chi connectivity index (χ0v) is 41.6. The highest BCUT2D eigenvalue weighted by molar-refractivity contribution is 7.47. The zero-order valence-electron chi connectivity index (χ0n) is 40.7. The van der Waals surface area contributed by atoms with E-state index in [-0.39, 0.29) is 26.1 Å². The SMILES string of the molecule is CC/C=C\C/C=C\C/C=C\C/C=C\C/C=C\C/C=C\CCCCCCCCCCC(=O)OC(COC(=O)CC/C=C\C/C=C\C/C=C\C/C=C\CC)COP(=O)(O)OCC[N+](C)(C)C. The minimum Gasteiger partial charge on any atom is -0.462 e. The number of unbranched alkanes of at least 4 members (excludes halogenated alkanes) is 8. The van der Waals surface area contributed by atoms with Crippen LogP contribution in [-0.4, -0.2) is 74.9 Å². The first kappa shape index (κ1) is 60.4. The third kappa shape index (κ3) is 47.9. The van der Waals surface area contributed by atoms with Crippen LogP contribution in [0.15, 0.2) is 122 Å². The third-order valence-electron chi connectivity index (χ3n) is 9.50. The van der Waals surface area contributed by atoms with Gasteiger partial charge in [0, 0.05) is 12.8 Å². The highest BCUT2D eigenvalue weighted by Crippen LogP contribution is 2.43. The van der Waals surface area contributed by atoms with Crippen LogP contribution in [0, 0.1) is 0 Å². The number of quaternary nitrogens is 1. The minimum atomic E-state index is -4.40. The lowest BCUT2D eigenvalue weighted by molar-refractivity contribution is -0.870. The van der Waals surface area contributed by atoms with Crippen molar-refractivity contribution in [3.8, 4) is 0 Å². The Morgan fingerprint density at radius 3 is 1.31 bits per heavy atom. The highest BCUT2D eigenvalue weighted by atomic mass is 31.2. The van der Waals surface area contributed by atoms with Gasteiger partial charge in [-0.3, -0.25) is 18.6 Å². The van der Waals surface area contributed by atoms with Gasteiger partial charge in [-0.1, -0.05) is 174 Å². The van der Waals surface area contributed by atoms with Gasteiger partial charge < -0.3 is 18.9 Å². The summed E-state index contributed by atoms with van der Waals surface area (Å²) in [5.41, 5.74) is 0. The molecule has 2 unspecified atom stereocenters. The van der Waals surface area contributed by atoms with Crippen LogP contribution in [0.5, 0.6) is 0 Å². The maximum atomic E-state index is 12.7. The fraction of sp³-hybridized carbons (Fsp3) is 0.593. The predicted molar refractivity (Wildman–Crippen MR) is 270 cm³/mol. The molecule has 0 heterocycles. The Morgan fingerprint density at radius 1 is 0.484 bits per heavy atom. The second-order valence-electron chi connectivity index (χ2n) is 16.7. The van der Waals surface area contributed by atoms with E-state index in [9.17, 15) is 19.0 Å². The molecule has 0 aliphatic carbocycles. The Balaban J connectivity index is 4.33. The number of phosphoric acid groups is 1. The average molecular weight is 911 g/mol. The molecule has 64 heavy (non-hydrogen) atoms. The largest absolute Gasteiger partial charge is 0.472 e. The van der Waals surface area contributed by atoms with E-state index in [2.05, 4.69) is 123 Å². The summed E-state index contributed by atoms with van der Waals surface area (Å²) >= 11 is 0. The second kappa shape index (κ2) is 44.6. The number of rotatable bonds is 42. The number of hydrogen-bond acceptors (Lipinski definition) is 7. The molecule has 0 aromatic rings. The smallest absolute Gasteiger partial charge is 0.462 e. The highest BCUT2D eigenvalue weighted by Gasteiger charge is 2.27. The summed E-state index contributed by atoms with van der Waals surface area (Å²) in [6, 6.07) is 0. The van der Waals surface area contributed by atoms with E-state index in [1.165, 1.54) is 25.7 Å². The fourth-order valence-electron chi connectivity index (χ4n) is 5.79. The molecule has 0 rings (SSSR count). The Bertz CT molecular complexity index is 1490. The number of hydrogen-bond donors (Lipinski definition) is 1. The van der Waals surface area contributed by atoms with Crippen LogP contribution in [0.4, 0.5) is 0 Å². The lowest BCUT2D eigenvalue weighted by atomic mass is 10.1. The standard InChI is InChI=1S/C54H88NO8P/c1-6-8-10-12-14-16-18-20-21-22-23-24-25-26-27-28-29-30-31-32-33-35-37-39-41-43-45-47-54(57)63-52(51-62-64(58,59)61-49-48-55(3,4)5)50-60-53(56)46-44-42-40-38-36-34-19-17-15-13-11-9-7-2/h8-11,14-17,20-21,23-24,26-27,29-30,34,36,40,42,52H,6-7,12-13,18-19,22,25,28,31-33,35,37-39,41,43-51H2,1-5H3/p+1/b10-8-,11-9-,16-14-,17-15-,21-20-,24-23-,27-26-,30-29-,36-34-,42-40-. The Kier molecular flexibility index (Phi) is 42.1. The van der Waals surface area contributed by atoms with Crippen molar-refractivity contribution in [2.24, 2.45) is 0 Å². The minimum absolute atomic E-state index is 0.0122. The number of carbonyl (C=O) groups is 2. The molecule has 0 aliphatic rings. The van der Waals surface area contributed by atoms with Crippen LogP contribution in [0.3, 0.4) is 0 Å². The fourth-order valence-corrected chi connectivity index (χ4v) is 6.54. The summed E-state index contributed by atoms with van der Waals surface area (Å²) in [6.07, 6.45) is 62.7. The molecule has 1 N–H and O–H groups in total. The van der Waals surface area contributed by atoms with Gasteiger partial charge >= 0.3 is 19.8 Å². The van der Waals surface area contributed by atoms with Crippen LogP contribution >= 0.6 is 7.82 Å². The lowest BCUT2D eigenvalue weighted by Gasteiger charge is -2.24. The van der Waals surface area contributed by atoms with Crippen molar-refractivity contribution in [1.29, 1.82) is 0 Å². The molecule has 0 saturated carbocycles. The van der Waals surface area contributed by atoms with Crippen molar-refractivity contribution in [2.45, 2.75) is 161 Å². The molecule has 0 spiro atoms. The predicted octanol–water partition coefficient (Wildman–Crippen LogP) is 14.5. The molecular weight excluding hydrogens is 822 g/mol. The number of nitrogens with zero attached hydrogens (tertiary/aromatic N) is 1. The van der Waals surface area contributed by atoms with Gasteiger partial charge in [0.15, 0.2) is 6.10 Å². The first-order valence-corrected chi connectivity index (χ1v) is 25.8. The summed E-state index contributed by atoms with van der Waals surface area (Å²) < 4.78 is 34.3. The van der Waals surface area contributed by atoms with Gasteiger partial charge in [-0.05, 0) is 89.9 Å². The van der Waals surface area contributed by atoms with Crippen LogP contribution in [-0.2, 0) is 32.7 Å². The topological polar surface area (TPSA) is 108 Å². The van der Waals surface area contributed by atoms with Crippen molar-refractivity contribution < 1.29 is 42.1 Å². The van der Waals surface area contributed by atoms with Crippen LogP contribution in [0.2, 0.25) is 0 Å². The van der Waals surface area contributed by atoms with Crippen LogP contribution in [0.1, 0.15) is 155 Å². The summed E-state index contributed by atoms with van der Waals surface area (Å²) in [5.74, 6) is -0.916. The molecule has 0 amide bonds. The molecule has 0 aromatic heterocycles. The zero-order chi connectivity index (χ0) is 47.1. The van der Waals surface area contributed by atoms with E-state index in [1.54, 1.807) is 0 Å². The second-order valence-corrected chi connectivity index (χ2v) is 18.2. The van der Waals surface area contributed by atoms with E-state index >= 15 is 0 Å². The van der Waals surface area contributed by atoms with Crippen molar-refractivity contribution >= 4 is 19.8 Å². The van der Waals surface area contributed by atoms with E-state index in [0.717, 1.165) is 89.9 Å². The number of ether oxygens (including phenoxy) is 2. The summed E-state index contributed by atoms with van der Waals surface area (Å²) in [6.45, 7) is 4.07. The molecule has 0 aliphatic heterocycles. The maximum absolute atomic E-state index is 12.7. The molecular formula is C54H89NO8P+. The molecule has 0 aromatic carbocycles. The van der Waals surface area contributed by atoms with Gasteiger partial charge in [0.25, 0.3) is 0 Å². The molecule has 0 bridgehead atoms. The van der Waals surface area contributed by atoms with E-state index < -0.39 is 32.5 Å². The van der Waals surface area contributed by atoms with Crippen LogP contribution < -0.4 is 0 Å². The third-order valence-corrected chi connectivity index (χ3v) is 10.5. The number of likely N-dealkylation sites (N-methyl/N-ethyl adjacent to an activating group) is 1. The van der Waals surface area contributed by atoms with E-state index in [4.69, 9.17) is 18.5 Å². The maximum Gasteiger partial charge on any atom is 0.472 e. The van der Waals surface area contributed by atoms with Crippen molar-refractivity contribution in [2.75, 3.05) is 47.5 Å². The summed E-state index contributed by atoms with van der Waals surface area (Å²) in [4.78, 5) is 35.4. The molecule has 0 fully saturated rings. The van der Waals surface area contributed by atoms with Gasteiger partial charge in [0.2, 0.25) is 0 Å². The van der Waals surface area contributed by atoms with E-state index in [1.807, 2.05) is 33.3 Å². The van der Waals surface area contributed by atoms with Crippen molar-refractivity contribution in [3.05, 3.63) is 122 Å². The van der Waals surface area contributed by atoms with Gasteiger partial charge in [-0.15, -0.1) is 0 Å². The quantitative estimate of drug-likeness (QED) is 0.0212. The van der Waals surface area contributed by atoms with Crippen molar-refractivity contribution in [3.63, 3.8) is 0 Å². The number of esters is 2. The van der Waals surface area contributed by atoms with Crippen LogP contribution in [0.25, 0.3) is 0 Å². The normalized spacial score (nSPS) is 14.5. The first-order valence-electron chi connectivity index (χ1n) is 24.3. The van der Waals surface area contributed by atoms with Gasteiger partial charge in [-0.25, -0.2) is 4.57 Å². The lowest BCUT2D eigenvalue weighted by Crippen LogP contribution is -2.37. The Morgan fingerprint density at radius 2 is 0.875 bits per heavy atom. The van der Waals surface area contributed by atoms with Crippen molar-refractivity contribution in [1.82, 2.24) is 0 Å². The molecule has 9 nitrogen and oxygen atoms in total. The molecule has 10 heteroatoms. The molecule has 0 radical (unpaired) electrons.